The van der Waals surface area contributed by atoms with Crippen molar-refractivity contribution in [2.24, 2.45) is 0 Å². The van der Waals surface area contributed by atoms with Gasteiger partial charge in [0.1, 0.15) is 5.01 Å². The van der Waals surface area contributed by atoms with E-state index in [1.165, 1.54) is 29.5 Å². The van der Waals surface area contributed by atoms with Crippen LogP contribution in [0.25, 0.3) is 22.5 Å². The molecule has 3 heterocycles. The van der Waals surface area contributed by atoms with Gasteiger partial charge in [0.25, 0.3) is 0 Å². The van der Waals surface area contributed by atoms with Crippen molar-refractivity contribution in [3.8, 4) is 11.4 Å². The number of benzene rings is 1. The monoisotopic (exact) mass is 388 g/mol. The zero-order valence-corrected chi connectivity index (χ0v) is 14.8. The molecule has 26 heavy (non-hydrogen) atoms. The minimum absolute atomic E-state index is 0.00857. The third-order valence-electron chi connectivity index (χ3n) is 3.60. The summed E-state index contributed by atoms with van der Waals surface area (Å²) in [6.07, 6.45) is 1.67. The molecular weight excluding hydrogens is 376 g/mol. The minimum atomic E-state index is -3.77. The van der Waals surface area contributed by atoms with Crippen LogP contribution in [0.5, 0.6) is 0 Å². The lowest BCUT2D eigenvalue weighted by molar-refractivity contribution is 0.553. The van der Waals surface area contributed by atoms with Crippen molar-refractivity contribution >= 4 is 32.5 Å². The van der Waals surface area contributed by atoms with Gasteiger partial charge in [0, 0.05) is 17.6 Å². The van der Waals surface area contributed by atoms with E-state index in [4.69, 9.17) is 4.42 Å². The number of nitrogens with zero attached hydrogens (tertiary/aromatic N) is 2. The van der Waals surface area contributed by atoms with Gasteiger partial charge in [-0.05, 0) is 24.3 Å². The zero-order chi connectivity index (χ0) is 18.1. The molecule has 0 bridgehead atoms. The Morgan fingerprint density at radius 2 is 2.08 bits per heavy atom. The molecular formula is C16H12N4O4S2. The third kappa shape index (κ3) is 3.29. The molecule has 0 fully saturated rings. The van der Waals surface area contributed by atoms with Crippen molar-refractivity contribution in [2.45, 2.75) is 11.4 Å². The lowest BCUT2D eigenvalue weighted by atomic mass is 10.3. The van der Waals surface area contributed by atoms with Crippen molar-refractivity contribution in [1.29, 1.82) is 0 Å². The summed E-state index contributed by atoms with van der Waals surface area (Å²) in [6.45, 7) is 0.0506. The van der Waals surface area contributed by atoms with Gasteiger partial charge in [-0.15, -0.1) is 11.3 Å². The highest BCUT2D eigenvalue weighted by molar-refractivity contribution is 7.89. The highest BCUT2D eigenvalue weighted by Gasteiger charge is 2.17. The summed E-state index contributed by atoms with van der Waals surface area (Å²) in [6, 6.07) is 9.70. The number of sulfonamides is 1. The van der Waals surface area contributed by atoms with E-state index in [1.807, 2.05) is 23.6 Å². The predicted octanol–water partition coefficient (Wildman–Crippen LogP) is 2.12. The minimum Gasteiger partial charge on any atom is -0.408 e. The number of hydrogen-bond donors (Lipinski definition) is 2. The van der Waals surface area contributed by atoms with Crippen LogP contribution in [0.4, 0.5) is 0 Å². The van der Waals surface area contributed by atoms with Gasteiger partial charge in [-0.1, -0.05) is 6.07 Å². The Kier molecular flexibility index (Phi) is 4.15. The number of fused-ring (bicyclic) bond motifs is 1. The van der Waals surface area contributed by atoms with Crippen molar-refractivity contribution in [2.75, 3.05) is 0 Å². The molecule has 132 valence electrons. The molecule has 0 saturated heterocycles. The van der Waals surface area contributed by atoms with Gasteiger partial charge in [0.15, 0.2) is 5.58 Å². The van der Waals surface area contributed by atoms with Crippen molar-refractivity contribution < 1.29 is 12.8 Å². The van der Waals surface area contributed by atoms with Crippen LogP contribution in [-0.2, 0) is 16.6 Å². The van der Waals surface area contributed by atoms with Gasteiger partial charge in [-0.3, -0.25) is 9.97 Å². The van der Waals surface area contributed by atoms with Crippen LogP contribution in [0.3, 0.4) is 0 Å². The third-order valence-corrected chi connectivity index (χ3v) is 5.84. The molecule has 0 unspecified atom stereocenters. The molecule has 4 aromatic rings. The lowest BCUT2D eigenvalue weighted by Gasteiger charge is -2.04. The SMILES string of the molecule is O=c1[nH]c2ccc(S(=O)(=O)NCc3nc(-c4ccccn4)cs3)cc2o1. The summed E-state index contributed by atoms with van der Waals surface area (Å²) in [5, 5.41) is 2.44. The van der Waals surface area contributed by atoms with E-state index < -0.39 is 15.8 Å². The molecule has 0 amide bonds. The van der Waals surface area contributed by atoms with Gasteiger partial charge in [0.2, 0.25) is 10.0 Å². The molecule has 0 spiro atoms. The average Bonchev–Trinajstić information content (AvgIpc) is 3.25. The van der Waals surface area contributed by atoms with E-state index >= 15 is 0 Å². The zero-order valence-electron chi connectivity index (χ0n) is 13.2. The molecule has 0 aliphatic rings. The van der Waals surface area contributed by atoms with E-state index in [0.29, 0.717) is 16.2 Å². The summed E-state index contributed by atoms with van der Waals surface area (Å²) in [4.78, 5) is 22.3. The number of pyridine rings is 1. The fraction of sp³-hybridized carbons (Fsp3) is 0.0625. The second-order valence-electron chi connectivity index (χ2n) is 5.34. The maximum absolute atomic E-state index is 12.5. The van der Waals surface area contributed by atoms with Crippen LogP contribution < -0.4 is 10.5 Å². The Bertz CT molecular complexity index is 1230. The fourth-order valence-electron chi connectivity index (χ4n) is 2.36. The number of oxazole rings is 1. The Morgan fingerprint density at radius 3 is 2.88 bits per heavy atom. The van der Waals surface area contributed by atoms with Crippen LogP contribution in [0.15, 0.2) is 62.1 Å². The van der Waals surface area contributed by atoms with E-state index in [2.05, 4.69) is 19.7 Å². The number of H-pyrrole nitrogens is 1. The number of aromatic nitrogens is 3. The molecule has 3 aromatic heterocycles. The lowest BCUT2D eigenvalue weighted by Crippen LogP contribution is -2.23. The number of aromatic amines is 1. The second kappa shape index (κ2) is 6.48. The van der Waals surface area contributed by atoms with Crippen molar-refractivity contribution in [1.82, 2.24) is 19.7 Å². The number of hydrogen-bond acceptors (Lipinski definition) is 7. The van der Waals surface area contributed by atoms with Crippen LogP contribution in [0, 0.1) is 0 Å². The van der Waals surface area contributed by atoms with Crippen LogP contribution in [0.1, 0.15) is 5.01 Å². The van der Waals surface area contributed by atoms with Crippen LogP contribution >= 0.6 is 11.3 Å². The van der Waals surface area contributed by atoms with Crippen molar-refractivity contribution in [3.05, 3.63) is 63.5 Å². The van der Waals surface area contributed by atoms with E-state index in [-0.39, 0.29) is 17.0 Å². The Labute approximate surface area is 151 Å². The second-order valence-corrected chi connectivity index (χ2v) is 8.05. The first-order chi connectivity index (χ1) is 12.5. The number of nitrogens with one attached hydrogen (secondary N) is 2. The summed E-state index contributed by atoms with van der Waals surface area (Å²) in [5.41, 5.74) is 2.05. The first-order valence-corrected chi connectivity index (χ1v) is 9.86. The fourth-order valence-corrected chi connectivity index (χ4v) is 4.18. The maximum Gasteiger partial charge on any atom is 0.417 e. The van der Waals surface area contributed by atoms with E-state index in [9.17, 15) is 13.2 Å². The highest BCUT2D eigenvalue weighted by atomic mass is 32.2. The Morgan fingerprint density at radius 1 is 1.19 bits per heavy atom. The molecule has 8 nitrogen and oxygen atoms in total. The summed E-state index contributed by atoms with van der Waals surface area (Å²) >= 11 is 1.34. The summed E-state index contributed by atoms with van der Waals surface area (Å²) < 4.78 is 32.3. The van der Waals surface area contributed by atoms with Gasteiger partial charge in [0.05, 0.1) is 28.3 Å². The highest BCUT2D eigenvalue weighted by Crippen LogP contribution is 2.21. The van der Waals surface area contributed by atoms with E-state index in [1.54, 1.807) is 6.20 Å². The topological polar surface area (TPSA) is 118 Å². The Hall–Kier alpha value is -2.82. The quantitative estimate of drug-likeness (QED) is 0.541. The molecule has 0 radical (unpaired) electrons. The summed E-state index contributed by atoms with van der Waals surface area (Å²) in [5.74, 6) is -0.632. The molecule has 0 atom stereocenters. The predicted molar refractivity (Wildman–Crippen MR) is 96.2 cm³/mol. The number of rotatable bonds is 5. The molecule has 4 rings (SSSR count). The van der Waals surface area contributed by atoms with Crippen LogP contribution in [-0.4, -0.2) is 23.4 Å². The van der Waals surface area contributed by atoms with Crippen molar-refractivity contribution in [3.63, 3.8) is 0 Å². The summed E-state index contributed by atoms with van der Waals surface area (Å²) in [7, 11) is -3.77. The van der Waals surface area contributed by atoms with Gasteiger partial charge in [-0.2, -0.15) is 0 Å². The molecule has 10 heteroatoms. The molecule has 2 N–H and O–H groups in total. The Balaban J connectivity index is 1.52. The number of thiazole rings is 1. The maximum atomic E-state index is 12.5. The van der Waals surface area contributed by atoms with Crippen LogP contribution in [0.2, 0.25) is 0 Å². The smallest absolute Gasteiger partial charge is 0.408 e. The van der Waals surface area contributed by atoms with Gasteiger partial charge < -0.3 is 4.42 Å². The van der Waals surface area contributed by atoms with Gasteiger partial charge >= 0.3 is 5.76 Å². The average molecular weight is 388 g/mol. The normalized spacial score (nSPS) is 11.8. The first-order valence-electron chi connectivity index (χ1n) is 7.50. The molecule has 0 aliphatic heterocycles. The van der Waals surface area contributed by atoms with Gasteiger partial charge in [-0.25, -0.2) is 22.9 Å². The van der Waals surface area contributed by atoms with E-state index in [0.717, 1.165) is 5.69 Å². The molecule has 0 aliphatic carbocycles. The first kappa shape index (κ1) is 16.6. The molecule has 0 saturated carbocycles. The molecule has 1 aromatic carbocycles. The standard InChI is InChI=1S/C16H12N4O4S2/c21-16-20-12-5-4-10(7-14(12)24-16)26(22,23)18-8-15-19-13(9-25-15)11-3-1-2-6-17-11/h1-7,9,18H,8H2,(H,20,21). The largest absolute Gasteiger partial charge is 0.417 e.